The van der Waals surface area contributed by atoms with Crippen LogP contribution in [0.4, 0.5) is 0 Å². The maximum atomic E-state index is 5.73. The molecule has 2 aromatic heterocycles. The first-order valence-electron chi connectivity index (χ1n) is 11.3. The molecule has 0 saturated carbocycles. The number of nitrogens with zero attached hydrogens (tertiary/aromatic N) is 2. The highest BCUT2D eigenvalue weighted by Crippen LogP contribution is 2.50. The lowest BCUT2D eigenvalue weighted by Gasteiger charge is -2.22. The van der Waals surface area contributed by atoms with Gasteiger partial charge in [-0.05, 0) is 39.1 Å². The van der Waals surface area contributed by atoms with Crippen LogP contribution in [0.5, 0.6) is 0 Å². The second kappa shape index (κ2) is 6.46. The predicted molar refractivity (Wildman–Crippen MR) is 133 cm³/mol. The van der Waals surface area contributed by atoms with E-state index in [1.807, 2.05) is 6.20 Å². The van der Waals surface area contributed by atoms with Crippen LogP contribution in [0.2, 0.25) is 0 Å². The third-order valence-electron chi connectivity index (χ3n) is 7.16. The SMILES string of the molecule is CC1(C)c2ccccc2-c2ccc(-c3c(-c4cccc5ccccc45)nc4occn34)cc21. The van der Waals surface area contributed by atoms with E-state index >= 15 is 0 Å². The average molecular weight is 427 g/mol. The van der Waals surface area contributed by atoms with Crippen LogP contribution in [-0.2, 0) is 5.41 Å². The lowest BCUT2D eigenvalue weighted by molar-refractivity contribution is 0.596. The molecule has 158 valence electrons. The zero-order chi connectivity index (χ0) is 22.2. The number of fused-ring (bicyclic) bond motifs is 5. The molecule has 1 aliphatic rings. The van der Waals surface area contributed by atoms with E-state index in [1.165, 1.54) is 33.0 Å². The summed E-state index contributed by atoms with van der Waals surface area (Å²) >= 11 is 0. The lowest BCUT2D eigenvalue weighted by Crippen LogP contribution is -2.14. The number of rotatable bonds is 2. The molecular formula is C30H22N2O. The molecule has 0 atom stereocenters. The Kier molecular flexibility index (Phi) is 3.61. The molecule has 3 heteroatoms. The van der Waals surface area contributed by atoms with Crippen molar-refractivity contribution in [2.45, 2.75) is 19.3 Å². The Hall–Kier alpha value is -4.11. The zero-order valence-corrected chi connectivity index (χ0v) is 18.5. The molecule has 2 heterocycles. The standard InChI is InChI=1S/C30H22N2O/c1-30(2)25-13-6-5-11-22(25)23-15-14-20(18-26(23)30)28-27(31-29-32(28)16-17-33-29)24-12-7-9-19-8-3-4-10-21(19)24/h3-18H,1-2H3. The molecule has 3 nitrogen and oxygen atoms in total. The van der Waals surface area contributed by atoms with Gasteiger partial charge >= 0.3 is 5.84 Å². The molecule has 7 rings (SSSR count). The summed E-state index contributed by atoms with van der Waals surface area (Å²) in [6.45, 7) is 4.63. The minimum absolute atomic E-state index is 0.0538. The Balaban J connectivity index is 1.51. The summed E-state index contributed by atoms with van der Waals surface area (Å²) in [5.41, 5.74) is 9.60. The van der Waals surface area contributed by atoms with Crippen molar-refractivity contribution in [1.29, 1.82) is 0 Å². The van der Waals surface area contributed by atoms with Crippen LogP contribution in [0.25, 0.3) is 50.3 Å². The van der Waals surface area contributed by atoms with Crippen molar-refractivity contribution in [3.05, 3.63) is 109 Å². The monoisotopic (exact) mass is 426 g/mol. The second-order valence-electron chi connectivity index (χ2n) is 9.32. The van der Waals surface area contributed by atoms with E-state index in [0.29, 0.717) is 5.84 Å². The van der Waals surface area contributed by atoms with Crippen LogP contribution in [0, 0.1) is 0 Å². The van der Waals surface area contributed by atoms with Crippen LogP contribution in [-0.4, -0.2) is 9.38 Å². The van der Waals surface area contributed by atoms with Crippen LogP contribution >= 0.6 is 0 Å². The summed E-state index contributed by atoms with van der Waals surface area (Å²) in [7, 11) is 0. The summed E-state index contributed by atoms with van der Waals surface area (Å²) in [4.78, 5) is 4.94. The van der Waals surface area contributed by atoms with E-state index in [0.717, 1.165) is 22.5 Å². The van der Waals surface area contributed by atoms with Gasteiger partial charge in [-0.1, -0.05) is 92.7 Å². The molecule has 0 bridgehead atoms. The van der Waals surface area contributed by atoms with E-state index in [9.17, 15) is 0 Å². The van der Waals surface area contributed by atoms with E-state index in [-0.39, 0.29) is 5.41 Å². The molecule has 0 saturated heterocycles. The van der Waals surface area contributed by atoms with E-state index in [1.54, 1.807) is 6.26 Å². The Bertz CT molecular complexity index is 1690. The topological polar surface area (TPSA) is 30.4 Å². The van der Waals surface area contributed by atoms with Gasteiger partial charge in [0.25, 0.3) is 0 Å². The van der Waals surface area contributed by atoms with E-state index < -0.39 is 0 Å². The number of oxazole rings is 1. The Morgan fingerprint density at radius 3 is 2.45 bits per heavy atom. The van der Waals surface area contributed by atoms with E-state index in [4.69, 9.17) is 9.40 Å². The second-order valence-corrected chi connectivity index (χ2v) is 9.32. The third kappa shape index (κ3) is 2.48. The fourth-order valence-electron chi connectivity index (χ4n) is 5.53. The fourth-order valence-corrected chi connectivity index (χ4v) is 5.53. The maximum Gasteiger partial charge on any atom is 0.306 e. The molecule has 0 amide bonds. The van der Waals surface area contributed by atoms with Crippen molar-refractivity contribution in [2.75, 3.05) is 0 Å². The van der Waals surface area contributed by atoms with Gasteiger partial charge in [0.2, 0.25) is 0 Å². The van der Waals surface area contributed by atoms with Gasteiger partial charge in [0.15, 0.2) is 0 Å². The average Bonchev–Trinajstić information content (AvgIpc) is 3.50. The molecule has 33 heavy (non-hydrogen) atoms. The number of hydrogen-bond donors (Lipinski definition) is 0. The van der Waals surface area contributed by atoms with Crippen molar-refractivity contribution in [3.63, 3.8) is 0 Å². The summed E-state index contributed by atoms with van der Waals surface area (Å²) < 4.78 is 7.79. The normalized spacial score (nSPS) is 14.0. The van der Waals surface area contributed by atoms with Crippen molar-refractivity contribution in [2.24, 2.45) is 0 Å². The number of hydrogen-bond acceptors (Lipinski definition) is 2. The molecule has 0 spiro atoms. The highest BCUT2D eigenvalue weighted by molar-refractivity contribution is 5.99. The van der Waals surface area contributed by atoms with Crippen LogP contribution in [0.3, 0.4) is 0 Å². The van der Waals surface area contributed by atoms with Crippen molar-refractivity contribution < 1.29 is 4.42 Å². The van der Waals surface area contributed by atoms with Gasteiger partial charge in [0.05, 0.1) is 5.69 Å². The van der Waals surface area contributed by atoms with Crippen molar-refractivity contribution >= 4 is 16.6 Å². The number of imidazole rings is 1. The number of aromatic nitrogens is 2. The van der Waals surface area contributed by atoms with Crippen molar-refractivity contribution in [3.8, 4) is 33.6 Å². The van der Waals surface area contributed by atoms with Gasteiger partial charge in [-0.3, -0.25) is 4.40 Å². The number of benzene rings is 4. The first-order chi connectivity index (χ1) is 16.1. The lowest BCUT2D eigenvalue weighted by atomic mass is 9.81. The Morgan fingerprint density at radius 2 is 1.52 bits per heavy atom. The highest BCUT2D eigenvalue weighted by atomic mass is 16.3. The molecule has 0 fully saturated rings. The first kappa shape index (κ1) is 18.5. The predicted octanol–water partition coefficient (Wildman–Crippen LogP) is 7.72. The van der Waals surface area contributed by atoms with Gasteiger partial charge in [0, 0.05) is 22.7 Å². The Morgan fingerprint density at radius 1 is 0.758 bits per heavy atom. The summed E-state index contributed by atoms with van der Waals surface area (Å²) in [5, 5.41) is 2.40. The summed E-state index contributed by atoms with van der Waals surface area (Å²) in [6.07, 6.45) is 3.66. The molecule has 0 N–H and O–H groups in total. The van der Waals surface area contributed by atoms with Gasteiger partial charge in [-0.2, -0.15) is 4.98 Å². The fraction of sp³-hybridized carbons (Fsp3) is 0.100. The van der Waals surface area contributed by atoms with Crippen LogP contribution in [0.15, 0.2) is 102 Å². The maximum absolute atomic E-state index is 5.73. The molecular weight excluding hydrogens is 404 g/mol. The van der Waals surface area contributed by atoms with Gasteiger partial charge in [0.1, 0.15) is 12.0 Å². The summed E-state index contributed by atoms with van der Waals surface area (Å²) in [6, 6.07) is 30.5. The molecule has 0 aliphatic heterocycles. The zero-order valence-electron chi connectivity index (χ0n) is 18.5. The molecule has 1 aliphatic carbocycles. The molecule has 0 unspecified atom stereocenters. The smallest absolute Gasteiger partial charge is 0.306 e. The largest absolute Gasteiger partial charge is 0.432 e. The highest BCUT2D eigenvalue weighted by Gasteiger charge is 2.35. The van der Waals surface area contributed by atoms with Crippen LogP contribution < -0.4 is 0 Å². The Labute approximate surface area is 192 Å². The quantitative estimate of drug-likeness (QED) is 0.284. The van der Waals surface area contributed by atoms with Crippen molar-refractivity contribution in [1.82, 2.24) is 9.38 Å². The van der Waals surface area contributed by atoms with Gasteiger partial charge < -0.3 is 4.42 Å². The molecule has 0 radical (unpaired) electrons. The molecule has 4 aromatic carbocycles. The molecule has 6 aromatic rings. The minimum Gasteiger partial charge on any atom is -0.432 e. The van der Waals surface area contributed by atoms with Gasteiger partial charge in [-0.15, -0.1) is 0 Å². The summed E-state index contributed by atoms with van der Waals surface area (Å²) in [5.74, 6) is 0.607. The first-order valence-corrected chi connectivity index (χ1v) is 11.3. The van der Waals surface area contributed by atoms with Gasteiger partial charge in [-0.25, -0.2) is 0 Å². The van der Waals surface area contributed by atoms with Crippen LogP contribution in [0.1, 0.15) is 25.0 Å². The minimum atomic E-state index is -0.0538. The third-order valence-corrected chi connectivity index (χ3v) is 7.16. The van der Waals surface area contributed by atoms with E-state index in [2.05, 4.69) is 103 Å².